The average Bonchev–Trinajstić information content (AvgIpc) is 2.62. The lowest BCUT2D eigenvalue weighted by Crippen LogP contribution is -2.38. The largest absolute Gasteiger partial charge is 0.484 e. The fourth-order valence-electron chi connectivity index (χ4n) is 2.49. The number of benzene rings is 1. The van der Waals surface area contributed by atoms with Crippen molar-refractivity contribution in [2.24, 2.45) is 0 Å². The molecule has 6 nitrogen and oxygen atoms in total. The normalized spacial score (nSPS) is 10.7. The molecular formula is C20H32N2O4. The molecule has 1 amide bonds. The quantitative estimate of drug-likeness (QED) is 0.533. The molecule has 0 atom stereocenters. The van der Waals surface area contributed by atoms with Crippen molar-refractivity contribution >= 4 is 11.9 Å². The lowest BCUT2D eigenvalue weighted by molar-refractivity contribution is -0.144. The first-order chi connectivity index (χ1) is 12.5. The summed E-state index contributed by atoms with van der Waals surface area (Å²) in [4.78, 5) is 27.9. The summed E-state index contributed by atoms with van der Waals surface area (Å²) in [5, 5.41) is 0. The number of carbonyl (C=O) groups is 2. The Kier molecular flexibility index (Phi) is 10.4. The summed E-state index contributed by atoms with van der Waals surface area (Å²) < 4.78 is 10.6. The van der Waals surface area contributed by atoms with Crippen molar-refractivity contribution in [3.8, 4) is 5.75 Å². The summed E-state index contributed by atoms with van der Waals surface area (Å²) in [6.45, 7) is 5.99. The van der Waals surface area contributed by atoms with Gasteiger partial charge in [0.25, 0.3) is 5.91 Å². The van der Waals surface area contributed by atoms with Crippen LogP contribution in [0.5, 0.6) is 5.75 Å². The molecule has 0 aromatic heterocycles. The van der Waals surface area contributed by atoms with Gasteiger partial charge in [-0.15, -0.1) is 0 Å². The van der Waals surface area contributed by atoms with Gasteiger partial charge in [0.1, 0.15) is 5.75 Å². The minimum Gasteiger partial charge on any atom is -0.484 e. The van der Waals surface area contributed by atoms with E-state index in [1.165, 1.54) is 5.56 Å². The second-order valence-electron chi connectivity index (χ2n) is 6.38. The van der Waals surface area contributed by atoms with E-state index in [9.17, 15) is 9.59 Å². The van der Waals surface area contributed by atoms with Gasteiger partial charge in [-0.2, -0.15) is 0 Å². The first kappa shape index (κ1) is 22.0. The molecule has 0 aliphatic carbocycles. The minimum atomic E-state index is -0.283. The van der Waals surface area contributed by atoms with Crippen molar-refractivity contribution in [3.63, 3.8) is 0 Å². The van der Waals surface area contributed by atoms with Crippen molar-refractivity contribution in [3.05, 3.63) is 29.8 Å². The molecule has 0 radical (unpaired) electrons. The van der Waals surface area contributed by atoms with Gasteiger partial charge in [0.2, 0.25) is 0 Å². The summed E-state index contributed by atoms with van der Waals surface area (Å²) in [5.41, 5.74) is 1.17. The van der Waals surface area contributed by atoms with Crippen LogP contribution in [0.25, 0.3) is 0 Å². The van der Waals surface area contributed by atoms with Crippen LogP contribution in [-0.4, -0.2) is 68.6 Å². The van der Waals surface area contributed by atoms with Gasteiger partial charge in [-0.3, -0.25) is 9.59 Å². The predicted octanol–water partition coefficient (Wildman–Crippen LogP) is 2.36. The second-order valence-corrected chi connectivity index (χ2v) is 6.38. The Morgan fingerprint density at radius 1 is 1.08 bits per heavy atom. The standard InChI is InChI=1S/C20H32N2O4/c1-5-17-9-7-10-18(15-17)26-16-19(23)22(13-8-12-21(3)4)14-11-20(24)25-6-2/h7,9-10,15H,5-6,8,11-14,16H2,1-4H3. The van der Waals surface area contributed by atoms with E-state index < -0.39 is 0 Å². The minimum absolute atomic E-state index is 0.0298. The van der Waals surface area contributed by atoms with Crippen molar-refractivity contribution < 1.29 is 19.1 Å². The van der Waals surface area contributed by atoms with Crippen LogP contribution in [0.1, 0.15) is 32.3 Å². The summed E-state index contributed by atoms with van der Waals surface area (Å²) in [7, 11) is 3.99. The molecule has 0 saturated heterocycles. The smallest absolute Gasteiger partial charge is 0.307 e. The number of esters is 1. The zero-order chi connectivity index (χ0) is 19.4. The monoisotopic (exact) mass is 364 g/mol. The van der Waals surface area contributed by atoms with E-state index in [0.717, 1.165) is 19.4 Å². The van der Waals surface area contributed by atoms with Crippen LogP contribution in [0.3, 0.4) is 0 Å². The molecule has 1 rings (SSSR count). The molecule has 0 unspecified atom stereocenters. The van der Waals surface area contributed by atoms with Crippen LogP contribution in [0.2, 0.25) is 0 Å². The molecule has 6 heteroatoms. The van der Waals surface area contributed by atoms with E-state index in [1.807, 2.05) is 38.4 Å². The van der Waals surface area contributed by atoms with Gasteiger partial charge < -0.3 is 19.3 Å². The number of aryl methyl sites for hydroxylation is 1. The maximum Gasteiger partial charge on any atom is 0.307 e. The summed E-state index contributed by atoms with van der Waals surface area (Å²) in [6, 6.07) is 7.75. The highest BCUT2D eigenvalue weighted by atomic mass is 16.5. The van der Waals surface area contributed by atoms with E-state index in [1.54, 1.807) is 11.8 Å². The molecular weight excluding hydrogens is 332 g/mol. The highest BCUT2D eigenvalue weighted by Crippen LogP contribution is 2.14. The molecule has 0 aliphatic heterocycles. The van der Waals surface area contributed by atoms with E-state index >= 15 is 0 Å². The molecule has 1 aromatic carbocycles. The van der Waals surface area contributed by atoms with Crippen LogP contribution in [-0.2, 0) is 20.7 Å². The number of hydrogen-bond donors (Lipinski definition) is 0. The van der Waals surface area contributed by atoms with Gasteiger partial charge >= 0.3 is 5.97 Å². The molecule has 0 heterocycles. The van der Waals surface area contributed by atoms with Crippen LogP contribution >= 0.6 is 0 Å². The number of carbonyl (C=O) groups excluding carboxylic acids is 2. The maximum absolute atomic E-state index is 12.6. The lowest BCUT2D eigenvalue weighted by atomic mass is 10.2. The lowest BCUT2D eigenvalue weighted by Gasteiger charge is -2.23. The first-order valence-corrected chi connectivity index (χ1v) is 9.26. The summed E-state index contributed by atoms with van der Waals surface area (Å²) in [6.07, 6.45) is 1.96. The second kappa shape index (κ2) is 12.3. The Labute approximate surface area is 157 Å². The molecule has 146 valence electrons. The first-order valence-electron chi connectivity index (χ1n) is 9.26. The number of nitrogens with zero attached hydrogens (tertiary/aromatic N) is 2. The van der Waals surface area contributed by atoms with Gasteiger partial charge in [-0.25, -0.2) is 0 Å². The van der Waals surface area contributed by atoms with Crippen molar-refractivity contribution in [2.75, 3.05) is 46.9 Å². The average molecular weight is 364 g/mol. The van der Waals surface area contributed by atoms with E-state index in [0.29, 0.717) is 25.4 Å². The molecule has 0 bridgehead atoms. The molecule has 0 spiro atoms. The van der Waals surface area contributed by atoms with Crippen LogP contribution in [0.15, 0.2) is 24.3 Å². The van der Waals surface area contributed by atoms with Crippen molar-refractivity contribution in [1.29, 1.82) is 0 Å². The van der Waals surface area contributed by atoms with E-state index in [2.05, 4.69) is 11.8 Å². The van der Waals surface area contributed by atoms with Gasteiger partial charge in [0.05, 0.1) is 13.0 Å². The summed E-state index contributed by atoms with van der Waals surface area (Å²) in [5.74, 6) is 0.292. The molecule has 0 aliphatic rings. The Bertz CT molecular complexity index is 560. The van der Waals surface area contributed by atoms with E-state index in [4.69, 9.17) is 9.47 Å². The van der Waals surface area contributed by atoms with Crippen molar-refractivity contribution in [1.82, 2.24) is 9.80 Å². The molecule has 26 heavy (non-hydrogen) atoms. The Balaban J connectivity index is 2.58. The molecule has 0 saturated carbocycles. The third kappa shape index (κ3) is 8.85. The Morgan fingerprint density at radius 2 is 1.85 bits per heavy atom. The zero-order valence-electron chi connectivity index (χ0n) is 16.5. The highest BCUT2D eigenvalue weighted by molar-refractivity contribution is 5.78. The zero-order valence-corrected chi connectivity index (χ0v) is 16.5. The van der Waals surface area contributed by atoms with E-state index in [-0.39, 0.29) is 24.9 Å². The number of hydrogen-bond acceptors (Lipinski definition) is 5. The Hall–Kier alpha value is -2.08. The SMILES string of the molecule is CCOC(=O)CCN(CCCN(C)C)C(=O)COc1cccc(CC)c1. The molecule has 1 aromatic rings. The van der Waals surface area contributed by atoms with Gasteiger partial charge in [0, 0.05) is 13.1 Å². The maximum atomic E-state index is 12.6. The van der Waals surface area contributed by atoms with Gasteiger partial charge in [-0.1, -0.05) is 19.1 Å². The van der Waals surface area contributed by atoms with Crippen LogP contribution in [0.4, 0.5) is 0 Å². The van der Waals surface area contributed by atoms with Gasteiger partial charge in [-0.05, 0) is 58.1 Å². The third-order valence-corrected chi connectivity index (χ3v) is 3.95. The highest BCUT2D eigenvalue weighted by Gasteiger charge is 2.16. The fraction of sp³-hybridized carbons (Fsp3) is 0.600. The summed E-state index contributed by atoms with van der Waals surface area (Å²) >= 11 is 0. The van der Waals surface area contributed by atoms with Crippen LogP contribution < -0.4 is 4.74 Å². The number of rotatable bonds is 12. The van der Waals surface area contributed by atoms with Gasteiger partial charge in [0.15, 0.2) is 6.61 Å². The number of amides is 1. The molecule has 0 N–H and O–H groups in total. The fourth-order valence-corrected chi connectivity index (χ4v) is 2.49. The third-order valence-electron chi connectivity index (χ3n) is 3.95. The molecule has 0 fully saturated rings. The topological polar surface area (TPSA) is 59.1 Å². The predicted molar refractivity (Wildman–Crippen MR) is 102 cm³/mol. The van der Waals surface area contributed by atoms with Crippen LogP contribution in [0, 0.1) is 0 Å². The Morgan fingerprint density at radius 3 is 2.50 bits per heavy atom. The number of ether oxygens (including phenoxy) is 2. The van der Waals surface area contributed by atoms with Crippen molar-refractivity contribution in [2.45, 2.75) is 33.1 Å².